The largest absolute Gasteiger partial charge is 0.467 e. The Kier molecular flexibility index (Phi) is 5.09. The minimum absolute atomic E-state index is 0.0959. The number of furan rings is 1. The molecule has 1 aliphatic heterocycles. The van der Waals surface area contributed by atoms with E-state index in [4.69, 9.17) is 4.42 Å². The van der Waals surface area contributed by atoms with Gasteiger partial charge in [-0.3, -0.25) is 9.59 Å². The molecule has 1 aliphatic rings. The number of hydrogen-bond acceptors (Lipinski definition) is 6. The summed E-state index contributed by atoms with van der Waals surface area (Å²) in [5, 5.41) is 8.88. The van der Waals surface area contributed by atoms with E-state index in [-0.39, 0.29) is 18.2 Å². The Morgan fingerprint density at radius 1 is 1.06 bits per heavy atom. The van der Waals surface area contributed by atoms with E-state index in [0.717, 1.165) is 22.5 Å². The van der Waals surface area contributed by atoms with E-state index in [0.29, 0.717) is 29.5 Å². The maximum absolute atomic E-state index is 12.3. The lowest BCUT2D eigenvalue weighted by Crippen LogP contribution is -2.22. The van der Waals surface area contributed by atoms with Gasteiger partial charge in [-0.05, 0) is 42.5 Å². The summed E-state index contributed by atoms with van der Waals surface area (Å²) in [5.41, 5.74) is 4.33. The Hall–Kier alpha value is -4.46. The lowest BCUT2D eigenvalue weighted by Gasteiger charge is -2.11. The molecule has 0 atom stereocenters. The summed E-state index contributed by atoms with van der Waals surface area (Å²) in [4.78, 5) is 33.5. The van der Waals surface area contributed by atoms with Crippen LogP contribution in [0.3, 0.4) is 0 Å². The van der Waals surface area contributed by atoms with Gasteiger partial charge in [-0.25, -0.2) is 9.97 Å². The van der Waals surface area contributed by atoms with Gasteiger partial charge >= 0.3 is 0 Å². The minimum Gasteiger partial charge on any atom is -0.467 e. The van der Waals surface area contributed by atoms with Gasteiger partial charge in [0, 0.05) is 28.6 Å². The van der Waals surface area contributed by atoms with Gasteiger partial charge in [0.15, 0.2) is 0 Å². The number of anilines is 3. The van der Waals surface area contributed by atoms with Crippen LogP contribution in [-0.2, 0) is 17.8 Å². The summed E-state index contributed by atoms with van der Waals surface area (Å²) in [5.74, 6) is 0.808. The van der Waals surface area contributed by atoms with Crippen LogP contribution >= 0.6 is 0 Å². The predicted octanol–water partition coefficient (Wildman–Crippen LogP) is 3.90. The van der Waals surface area contributed by atoms with E-state index in [1.807, 2.05) is 24.3 Å². The van der Waals surface area contributed by atoms with Crippen molar-refractivity contribution < 1.29 is 14.0 Å². The molecule has 0 aliphatic carbocycles. The summed E-state index contributed by atoms with van der Waals surface area (Å²) in [6.07, 6.45) is 3.45. The third-order valence-electron chi connectivity index (χ3n) is 5.08. The van der Waals surface area contributed by atoms with Gasteiger partial charge in [-0.1, -0.05) is 18.2 Å². The van der Waals surface area contributed by atoms with Gasteiger partial charge in [0.2, 0.25) is 11.9 Å². The monoisotopic (exact) mass is 425 g/mol. The van der Waals surface area contributed by atoms with Crippen LogP contribution in [0.2, 0.25) is 0 Å². The minimum atomic E-state index is -0.192. The molecule has 8 nitrogen and oxygen atoms in total. The van der Waals surface area contributed by atoms with E-state index in [1.165, 1.54) is 0 Å². The highest BCUT2D eigenvalue weighted by Crippen LogP contribution is 2.32. The van der Waals surface area contributed by atoms with Crippen molar-refractivity contribution in [2.75, 3.05) is 10.6 Å². The normalized spacial score (nSPS) is 12.2. The number of carbonyl (C=O) groups excluding carboxylic acids is 2. The van der Waals surface area contributed by atoms with Crippen molar-refractivity contribution in [2.45, 2.75) is 13.0 Å². The Labute approximate surface area is 183 Å². The van der Waals surface area contributed by atoms with Gasteiger partial charge in [-0.2, -0.15) is 0 Å². The van der Waals surface area contributed by atoms with Crippen molar-refractivity contribution in [1.82, 2.24) is 15.3 Å². The summed E-state index contributed by atoms with van der Waals surface area (Å²) < 4.78 is 5.22. The maximum atomic E-state index is 12.3. The molecule has 8 heteroatoms. The number of para-hydroxylation sites is 1. The topological polar surface area (TPSA) is 109 Å². The van der Waals surface area contributed by atoms with E-state index in [9.17, 15) is 9.59 Å². The number of rotatable bonds is 5. The van der Waals surface area contributed by atoms with Gasteiger partial charge in [-0.15, -0.1) is 0 Å². The van der Waals surface area contributed by atoms with Crippen LogP contribution in [0.5, 0.6) is 0 Å². The summed E-state index contributed by atoms with van der Waals surface area (Å²) >= 11 is 0. The molecule has 2 aromatic carbocycles. The highest BCUT2D eigenvalue weighted by Gasteiger charge is 2.20. The predicted molar refractivity (Wildman–Crippen MR) is 119 cm³/mol. The van der Waals surface area contributed by atoms with Crippen molar-refractivity contribution in [3.05, 3.63) is 90.0 Å². The average Bonchev–Trinajstić information content (AvgIpc) is 3.28. The molecule has 2 amide bonds. The van der Waals surface area contributed by atoms with E-state index in [1.54, 1.807) is 48.9 Å². The molecule has 0 radical (unpaired) electrons. The number of nitrogens with one attached hydrogen (secondary N) is 3. The molecule has 158 valence electrons. The molecule has 32 heavy (non-hydrogen) atoms. The number of aromatic nitrogens is 2. The van der Waals surface area contributed by atoms with E-state index >= 15 is 0 Å². The zero-order chi connectivity index (χ0) is 21.9. The fourth-order valence-corrected chi connectivity index (χ4v) is 3.51. The zero-order valence-corrected chi connectivity index (χ0v) is 17.0. The Bertz CT molecular complexity index is 1280. The van der Waals surface area contributed by atoms with Crippen molar-refractivity contribution in [1.29, 1.82) is 0 Å². The van der Waals surface area contributed by atoms with Crippen LogP contribution in [0.15, 0.2) is 77.5 Å². The first-order valence-corrected chi connectivity index (χ1v) is 10.1. The quantitative estimate of drug-likeness (QED) is 0.447. The SMILES string of the molecule is O=C1Cc2cnc(Nc3ccc(C(=O)NCc4ccco4)cc3)nc2-c2ccccc2N1. The molecule has 0 fully saturated rings. The van der Waals surface area contributed by atoms with Crippen molar-refractivity contribution in [2.24, 2.45) is 0 Å². The number of carbonyl (C=O) groups is 2. The molecule has 0 bridgehead atoms. The first-order chi connectivity index (χ1) is 15.7. The first-order valence-electron chi connectivity index (χ1n) is 10.1. The fraction of sp³-hybridized carbons (Fsp3) is 0.0833. The van der Waals surface area contributed by atoms with Gasteiger partial charge in [0.25, 0.3) is 5.91 Å². The summed E-state index contributed by atoms with van der Waals surface area (Å²) in [7, 11) is 0. The molecular weight excluding hydrogens is 406 g/mol. The second-order valence-corrected chi connectivity index (χ2v) is 7.30. The van der Waals surface area contributed by atoms with Crippen molar-refractivity contribution in [3.63, 3.8) is 0 Å². The molecule has 2 aromatic heterocycles. The molecule has 3 heterocycles. The lowest BCUT2D eigenvalue weighted by molar-refractivity contribution is -0.115. The van der Waals surface area contributed by atoms with Crippen LogP contribution in [0.4, 0.5) is 17.3 Å². The third kappa shape index (κ3) is 4.06. The third-order valence-corrected chi connectivity index (χ3v) is 5.08. The second-order valence-electron chi connectivity index (χ2n) is 7.30. The number of benzene rings is 2. The van der Waals surface area contributed by atoms with Crippen LogP contribution in [0.1, 0.15) is 21.7 Å². The molecule has 5 rings (SSSR count). The Morgan fingerprint density at radius 2 is 1.91 bits per heavy atom. The number of nitrogens with zero attached hydrogens (tertiary/aromatic N) is 2. The van der Waals surface area contributed by atoms with Crippen LogP contribution in [0, 0.1) is 0 Å². The Morgan fingerprint density at radius 3 is 2.72 bits per heavy atom. The highest BCUT2D eigenvalue weighted by atomic mass is 16.3. The number of amides is 2. The molecule has 3 N–H and O–H groups in total. The standard InChI is InChI=1S/C24H19N5O3/c30-21-12-16-13-26-24(29-22(16)19-5-1-2-6-20(19)28-21)27-17-9-7-15(8-10-17)23(31)25-14-18-4-3-11-32-18/h1-11,13H,12,14H2,(H,25,31)(H,28,30)(H,26,27,29). The van der Waals surface area contributed by atoms with Crippen LogP contribution < -0.4 is 16.0 Å². The maximum Gasteiger partial charge on any atom is 0.251 e. The van der Waals surface area contributed by atoms with Gasteiger partial charge in [0.1, 0.15) is 5.76 Å². The second kappa shape index (κ2) is 8.35. The van der Waals surface area contributed by atoms with Gasteiger partial charge < -0.3 is 20.4 Å². The average molecular weight is 425 g/mol. The first kappa shape index (κ1) is 19.5. The molecule has 0 unspecified atom stereocenters. The summed E-state index contributed by atoms with van der Waals surface area (Å²) in [6.45, 7) is 0.327. The highest BCUT2D eigenvalue weighted by molar-refractivity contribution is 6.00. The van der Waals surface area contributed by atoms with Crippen LogP contribution in [0.25, 0.3) is 11.3 Å². The van der Waals surface area contributed by atoms with E-state index < -0.39 is 0 Å². The summed E-state index contributed by atoms with van der Waals surface area (Å²) in [6, 6.07) is 18.2. The molecule has 0 saturated carbocycles. The number of fused-ring (bicyclic) bond motifs is 3. The zero-order valence-electron chi connectivity index (χ0n) is 17.0. The Balaban J connectivity index is 1.33. The molecule has 0 saturated heterocycles. The molecule has 4 aromatic rings. The van der Waals surface area contributed by atoms with Crippen LogP contribution in [-0.4, -0.2) is 21.8 Å². The fourth-order valence-electron chi connectivity index (χ4n) is 3.51. The lowest BCUT2D eigenvalue weighted by atomic mass is 10.1. The number of hydrogen-bond donors (Lipinski definition) is 3. The van der Waals surface area contributed by atoms with Gasteiger partial charge in [0.05, 0.1) is 30.6 Å². The molecular formula is C24H19N5O3. The van der Waals surface area contributed by atoms with E-state index in [2.05, 4.69) is 25.9 Å². The smallest absolute Gasteiger partial charge is 0.251 e. The molecule has 0 spiro atoms. The van der Waals surface area contributed by atoms with Crippen molar-refractivity contribution in [3.8, 4) is 11.3 Å². The van der Waals surface area contributed by atoms with Crippen molar-refractivity contribution >= 4 is 29.1 Å².